The van der Waals surface area contributed by atoms with Crippen LogP contribution in [-0.4, -0.2) is 51.2 Å². The van der Waals surface area contributed by atoms with Gasteiger partial charge >= 0.3 is 0 Å². The zero-order valence-corrected chi connectivity index (χ0v) is 18.0. The van der Waals surface area contributed by atoms with Gasteiger partial charge in [-0.25, -0.2) is 0 Å². The Morgan fingerprint density at radius 2 is 1.97 bits per heavy atom. The highest BCUT2D eigenvalue weighted by molar-refractivity contribution is 5.94. The fraction of sp³-hybridized carbons (Fsp3) is 0.435. The minimum absolute atomic E-state index is 0. The topological polar surface area (TPSA) is 50.8 Å². The number of rotatable bonds is 9. The Kier molecular flexibility index (Phi) is 9.29. The van der Waals surface area contributed by atoms with Gasteiger partial charge < -0.3 is 19.7 Å². The molecule has 0 bridgehead atoms. The van der Waals surface area contributed by atoms with Crippen molar-refractivity contribution in [2.75, 3.05) is 40.4 Å². The van der Waals surface area contributed by atoms with E-state index in [9.17, 15) is 4.79 Å². The van der Waals surface area contributed by atoms with E-state index in [4.69, 9.17) is 9.47 Å². The third-order valence-electron chi connectivity index (χ3n) is 5.17. The van der Waals surface area contributed by atoms with E-state index in [0.717, 1.165) is 43.0 Å². The monoisotopic (exact) mass is 418 g/mol. The quantitative estimate of drug-likeness (QED) is 0.629. The van der Waals surface area contributed by atoms with Crippen molar-refractivity contribution in [3.63, 3.8) is 0 Å². The molecule has 1 aliphatic rings. The zero-order valence-electron chi connectivity index (χ0n) is 17.2. The molecule has 0 radical (unpaired) electrons. The van der Waals surface area contributed by atoms with Crippen LogP contribution in [0.15, 0.2) is 48.5 Å². The number of methoxy groups -OCH3 is 1. The van der Waals surface area contributed by atoms with Crippen LogP contribution >= 0.6 is 12.4 Å². The van der Waals surface area contributed by atoms with Gasteiger partial charge in [0.25, 0.3) is 5.91 Å². The molecule has 158 valence electrons. The molecule has 1 atom stereocenters. The summed E-state index contributed by atoms with van der Waals surface area (Å²) >= 11 is 0. The second-order valence-corrected chi connectivity index (χ2v) is 7.34. The smallest absolute Gasteiger partial charge is 0.253 e. The van der Waals surface area contributed by atoms with Gasteiger partial charge in [-0.2, -0.15) is 0 Å². The molecule has 0 aromatic heterocycles. The molecule has 1 saturated heterocycles. The summed E-state index contributed by atoms with van der Waals surface area (Å²) in [5, 5.41) is 3.40. The molecule has 29 heavy (non-hydrogen) atoms. The van der Waals surface area contributed by atoms with Crippen molar-refractivity contribution >= 4 is 18.3 Å². The molecule has 1 N–H and O–H groups in total. The van der Waals surface area contributed by atoms with Crippen molar-refractivity contribution in [1.82, 2.24) is 10.2 Å². The van der Waals surface area contributed by atoms with Gasteiger partial charge in [0.15, 0.2) is 11.5 Å². The first-order chi connectivity index (χ1) is 13.7. The van der Waals surface area contributed by atoms with Crippen LogP contribution in [0.2, 0.25) is 0 Å². The number of carbonyl (C=O) groups is 1. The molecule has 1 aliphatic heterocycles. The van der Waals surface area contributed by atoms with Gasteiger partial charge in [0, 0.05) is 19.2 Å². The number of ether oxygens (including phenoxy) is 2. The van der Waals surface area contributed by atoms with Crippen LogP contribution in [-0.2, 0) is 6.42 Å². The number of hydrogen-bond donors (Lipinski definition) is 1. The molecule has 1 heterocycles. The maximum absolute atomic E-state index is 12.8. The van der Waals surface area contributed by atoms with Gasteiger partial charge in [0.1, 0.15) is 0 Å². The summed E-state index contributed by atoms with van der Waals surface area (Å²) in [4.78, 5) is 14.5. The maximum atomic E-state index is 12.8. The van der Waals surface area contributed by atoms with Crippen molar-refractivity contribution in [1.29, 1.82) is 0 Å². The highest BCUT2D eigenvalue weighted by Crippen LogP contribution is 2.25. The van der Waals surface area contributed by atoms with E-state index in [0.29, 0.717) is 19.1 Å². The Labute approximate surface area is 179 Å². The second kappa shape index (κ2) is 11.7. The lowest BCUT2D eigenvalue weighted by molar-refractivity contribution is 0.0787. The summed E-state index contributed by atoms with van der Waals surface area (Å²) < 4.78 is 11.1. The molecule has 5 nitrogen and oxygen atoms in total. The number of benzene rings is 2. The zero-order chi connectivity index (χ0) is 19.8. The van der Waals surface area contributed by atoms with E-state index in [1.54, 1.807) is 12.0 Å². The minimum Gasteiger partial charge on any atom is -0.493 e. The van der Waals surface area contributed by atoms with Gasteiger partial charge in [0.2, 0.25) is 0 Å². The predicted molar refractivity (Wildman–Crippen MR) is 118 cm³/mol. The predicted octanol–water partition coefficient (Wildman–Crippen LogP) is 3.81. The molecule has 1 unspecified atom stereocenters. The van der Waals surface area contributed by atoms with Crippen molar-refractivity contribution < 1.29 is 14.3 Å². The number of para-hydroxylation sites is 2. The number of halogens is 1. The van der Waals surface area contributed by atoms with Crippen LogP contribution in [0.25, 0.3) is 0 Å². The van der Waals surface area contributed by atoms with Gasteiger partial charge in [-0.15, -0.1) is 12.4 Å². The SMILES string of the molecule is COc1ccccc1OCCCN(C)C(=O)c1cccc(CC2CCNC2)c1.Cl. The van der Waals surface area contributed by atoms with Crippen LogP contribution in [0.4, 0.5) is 0 Å². The first-order valence-electron chi connectivity index (χ1n) is 9.98. The first kappa shape index (κ1) is 23.0. The standard InChI is InChI=1S/C23H30N2O3.ClH/c1-25(13-6-14-28-22-10-4-3-9-21(22)27-2)23(26)20-8-5-7-18(16-20)15-19-11-12-24-17-19;/h3-5,7-10,16,19,24H,6,11-15,17H2,1-2H3;1H. The molecule has 0 aliphatic carbocycles. The molecule has 6 heteroatoms. The Hall–Kier alpha value is -2.24. The maximum Gasteiger partial charge on any atom is 0.253 e. The van der Waals surface area contributed by atoms with Crippen LogP contribution in [0, 0.1) is 5.92 Å². The van der Waals surface area contributed by atoms with E-state index in [1.165, 1.54) is 12.0 Å². The van der Waals surface area contributed by atoms with E-state index in [2.05, 4.69) is 11.4 Å². The lowest BCUT2D eigenvalue weighted by atomic mass is 9.97. The highest BCUT2D eigenvalue weighted by Gasteiger charge is 2.16. The summed E-state index contributed by atoms with van der Waals surface area (Å²) in [7, 11) is 3.48. The Morgan fingerprint density at radius 3 is 2.69 bits per heavy atom. The number of nitrogens with zero attached hydrogens (tertiary/aromatic N) is 1. The summed E-state index contributed by atoms with van der Waals surface area (Å²) in [5.74, 6) is 2.19. The average molecular weight is 419 g/mol. The molecule has 1 fully saturated rings. The van der Waals surface area contributed by atoms with E-state index in [-0.39, 0.29) is 18.3 Å². The molecule has 0 saturated carbocycles. The Morgan fingerprint density at radius 1 is 1.17 bits per heavy atom. The van der Waals surface area contributed by atoms with Gasteiger partial charge in [0.05, 0.1) is 13.7 Å². The lowest BCUT2D eigenvalue weighted by Crippen LogP contribution is -2.28. The number of carbonyl (C=O) groups excluding carboxylic acids is 1. The van der Waals surface area contributed by atoms with E-state index in [1.807, 2.05) is 49.5 Å². The summed E-state index contributed by atoms with van der Waals surface area (Å²) in [6, 6.07) is 15.7. The fourth-order valence-corrected chi connectivity index (χ4v) is 3.60. The fourth-order valence-electron chi connectivity index (χ4n) is 3.60. The van der Waals surface area contributed by atoms with Crippen LogP contribution in [0.5, 0.6) is 11.5 Å². The van der Waals surface area contributed by atoms with Crippen molar-refractivity contribution in [3.05, 3.63) is 59.7 Å². The molecular formula is C23H31ClN2O3. The minimum atomic E-state index is 0. The number of hydrogen-bond acceptors (Lipinski definition) is 4. The van der Waals surface area contributed by atoms with Crippen molar-refractivity contribution in [2.24, 2.45) is 5.92 Å². The third kappa shape index (κ3) is 6.65. The Balaban J connectivity index is 0.00000300. The van der Waals surface area contributed by atoms with E-state index >= 15 is 0 Å². The van der Waals surface area contributed by atoms with Gasteiger partial charge in [-0.3, -0.25) is 4.79 Å². The van der Waals surface area contributed by atoms with Crippen LogP contribution in [0.1, 0.15) is 28.8 Å². The largest absolute Gasteiger partial charge is 0.493 e. The lowest BCUT2D eigenvalue weighted by Gasteiger charge is -2.18. The summed E-state index contributed by atoms with van der Waals surface area (Å²) in [6.45, 7) is 3.35. The van der Waals surface area contributed by atoms with Crippen LogP contribution in [0.3, 0.4) is 0 Å². The van der Waals surface area contributed by atoms with Gasteiger partial charge in [-0.05, 0) is 68.1 Å². The Bertz CT molecular complexity index is 778. The molecule has 2 aromatic carbocycles. The van der Waals surface area contributed by atoms with Gasteiger partial charge in [-0.1, -0.05) is 24.3 Å². The molecular weight excluding hydrogens is 388 g/mol. The molecule has 0 spiro atoms. The number of amides is 1. The average Bonchev–Trinajstić information content (AvgIpc) is 3.24. The second-order valence-electron chi connectivity index (χ2n) is 7.34. The molecule has 1 amide bonds. The third-order valence-corrected chi connectivity index (χ3v) is 5.17. The summed E-state index contributed by atoms with van der Waals surface area (Å²) in [5.41, 5.74) is 2.00. The summed E-state index contributed by atoms with van der Waals surface area (Å²) in [6.07, 6.45) is 3.00. The number of nitrogens with one attached hydrogen (secondary N) is 1. The normalized spacial score (nSPS) is 15.4. The van der Waals surface area contributed by atoms with E-state index < -0.39 is 0 Å². The van der Waals surface area contributed by atoms with Crippen LogP contribution < -0.4 is 14.8 Å². The van der Waals surface area contributed by atoms with Crippen molar-refractivity contribution in [2.45, 2.75) is 19.3 Å². The molecule has 3 rings (SSSR count). The highest BCUT2D eigenvalue weighted by atomic mass is 35.5. The first-order valence-corrected chi connectivity index (χ1v) is 9.98. The van der Waals surface area contributed by atoms with Crippen molar-refractivity contribution in [3.8, 4) is 11.5 Å². The molecule has 2 aromatic rings.